The highest BCUT2D eigenvalue weighted by atomic mass is 35.5. The number of ether oxygens (including phenoxy) is 1. The summed E-state index contributed by atoms with van der Waals surface area (Å²) in [6.45, 7) is 2.38. The third-order valence-electron chi connectivity index (χ3n) is 2.66. The Balaban J connectivity index is 1.96. The highest BCUT2D eigenvalue weighted by Crippen LogP contribution is 2.14. The molecule has 0 saturated carbocycles. The van der Waals surface area contributed by atoms with Crippen molar-refractivity contribution in [3.63, 3.8) is 0 Å². The van der Waals surface area contributed by atoms with Crippen LogP contribution in [0.15, 0.2) is 30.3 Å². The maximum Gasteiger partial charge on any atom is 0.232 e. The lowest BCUT2D eigenvalue weighted by Gasteiger charge is -2.11. The van der Waals surface area contributed by atoms with Crippen LogP contribution in [0, 0.1) is 6.92 Å². The van der Waals surface area contributed by atoms with Crippen molar-refractivity contribution in [3.05, 3.63) is 46.6 Å². The van der Waals surface area contributed by atoms with E-state index >= 15 is 0 Å². The van der Waals surface area contributed by atoms with Crippen LogP contribution in [0.5, 0.6) is 5.88 Å². The summed E-state index contributed by atoms with van der Waals surface area (Å²) in [6.07, 6.45) is 0. The van der Waals surface area contributed by atoms with Gasteiger partial charge in [-0.3, -0.25) is 0 Å². The fraction of sp³-hybridized carbons (Fsp3) is 0.214. The van der Waals surface area contributed by atoms with Gasteiger partial charge in [0.1, 0.15) is 0 Å². The summed E-state index contributed by atoms with van der Waals surface area (Å²) >= 11 is 11.3. The molecule has 7 heteroatoms. The van der Waals surface area contributed by atoms with Crippen LogP contribution in [-0.2, 0) is 6.54 Å². The van der Waals surface area contributed by atoms with E-state index in [1.807, 2.05) is 31.2 Å². The highest BCUT2D eigenvalue weighted by Gasteiger charge is 2.05. The Morgan fingerprint density at radius 1 is 1.33 bits per heavy atom. The number of nitrogens with zero attached hydrogens (tertiary/aromatic N) is 2. The molecule has 110 valence electrons. The summed E-state index contributed by atoms with van der Waals surface area (Å²) in [7, 11) is 1.56. The van der Waals surface area contributed by atoms with Crippen molar-refractivity contribution in [3.8, 4) is 5.88 Å². The Kier molecular flexibility index (Phi) is 5.30. The molecule has 0 saturated heterocycles. The molecule has 1 heterocycles. The summed E-state index contributed by atoms with van der Waals surface area (Å²) in [5.41, 5.74) is 1.75. The van der Waals surface area contributed by atoms with Gasteiger partial charge in [0.05, 0.1) is 7.11 Å². The van der Waals surface area contributed by atoms with Gasteiger partial charge in [-0.1, -0.05) is 29.8 Å². The number of aromatic nitrogens is 2. The van der Waals surface area contributed by atoms with Crippen molar-refractivity contribution in [2.45, 2.75) is 13.5 Å². The molecule has 0 aliphatic rings. The van der Waals surface area contributed by atoms with E-state index in [9.17, 15) is 0 Å². The van der Waals surface area contributed by atoms with Crippen molar-refractivity contribution in [2.75, 3.05) is 12.4 Å². The van der Waals surface area contributed by atoms with E-state index in [0.717, 1.165) is 11.3 Å². The normalized spacial score (nSPS) is 10.0. The van der Waals surface area contributed by atoms with Crippen molar-refractivity contribution in [1.82, 2.24) is 15.3 Å². The molecule has 0 radical (unpaired) electrons. The molecule has 1 aromatic carbocycles. The zero-order valence-corrected chi connectivity index (χ0v) is 13.3. The molecular weight excluding hydrogens is 308 g/mol. The monoisotopic (exact) mass is 322 g/mol. The van der Waals surface area contributed by atoms with Gasteiger partial charge in [0.15, 0.2) is 5.11 Å². The Bertz CT molecular complexity index is 651. The third-order valence-corrected chi connectivity index (χ3v) is 3.28. The smallest absolute Gasteiger partial charge is 0.232 e. The van der Waals surface area contributed by atoms with Crippen LogP contribution < -0.4 is 15.4 Å². The van der Waals surface area contributed by atoms with Gasteiger partial charge in [-0.15, -0.1) is 0 Å². The van der Waals surface area contributed by atoms with Crippen LogP contribution in [0.3, 0.4) is 0 Å². The molecule has 2 aromatic rings. The second kappa shape index (κ2) is 7.19. The van der Waals surface area contributed by atoms with Gasteiger partial charge in [-0.25, -0.2) is 4.98 Å². The van der Waals surface area contributed by atoms with Crippen LogP contribution in [0.25, 0.3) is 0 Å². The fourth-order valence-electron chi connectivity index (χ4n) is 1.66. The number of hydrogen-bond acceptors (Lipinski definition) is 4. The van der Waals surface area contributed by atoms with E-state index < -0.39 is 0 Å². The van der Waals surface area contributed by atoms with E-state index in [2.05, 4.69) is 20.6 Å². The summed E-state index contributed by atoms with van der Waals surface area (Å²) < 4.78 is 5.09. The van der Waals surface area contributed by atoms with Gasteiger partial charge in [0, 0.05) is 23.3 Å². The van der Waals surface area contributed by atoms with E-state index in [1.54, 1.807) is 13.2 Å². The third kappa shape index (κ3) is 4.54. The topological polar surface area (TPSA) is 59.1 Å². The summed E-state index contributed by atoms with van der Waals surface area (Å²) in [6, 6.07) is 9.32. The minimum absolute atomic E-state index is 0.392. The molecule has 2 rings (SSSR count). The first-order valence-corrected chi connectivity index (χ1v) is 7.05. The molecule has 0 unspecified atom stereocenters. The van der Waals surface area contributed by atoms with Gasteiger partial charge < -0.3 is 15.4 Å². The highest BCUT2D eigenvalue weighted by molar-refractivity contribution is 7.80. The van der Waals surface area contributed by atoms with E-state index in [1.165, 1.54) is 0 Å². The van der Waals surface area contributed by atoms with Gasteiger partial charge >= 0.3 is 0 Å². The number of benzene rings is 1. The average molecular weight is 323 g/mol. The van der Waals surface area contributed by atoms with Crippen molar-refractivity contribution < 1.29 is 4.74 Å². The first kappa shape index (κ1) is 15.5. The molecule has 0 amide bonds. The van der Waals surface area contributed by atoms with E-state index in [0.29, 0.717) is 28.5 Å². The number of aryl methyl sites for hydroxylation is 1. The van der Waals surface area contributed by atoms with Crippen molar-refractivity contribution in [2.24, 2.45) is 0 Å². The van der Waals surface area contributed by atoms with Gasteiger partial charge in [-0.2, -0.15) is 4.98 Å². The molecule has 21 heavy (non-hydrogen) atoms. The molecule has 0 aliphatic heterocycles. The van der Waals surface area contributed by atoms with Crippen LogP contribution >= 0.6 is 23.8 Å². The van der Waals surface area contributed by atoms with E-state index in [-0.39, 0.29) is 0 Å². The number of halogens is 1. The first-order chi connectivity index (χ1) is 10.1. The number of rotatable bonds is 4. The Hall–Kier alpha value is -1.92. The van der Waals surface area contributed by atoms with Gasteiger partial charge in [0.2, 0.25) is 11.8 Å². The van der Waals surface area contributed by atoms with Gasteiger partial charge in [0.25, 0.3) is 0 Å². The lowest BCUT2D eigenvalue weighted by atomic mass is 10.2. The SMILES string of the molecule is COc1cc(C)nc(NC(=S)NCc2ccccc2Cl)n1. The molecule has 0 spiro atoms. The number of thiocarbonyl (C=S) groups is 1. The number of hydrogen-bond donors (Lipinski definition) is 2. The number of anilines is 1. The van der Waals surface area contributed by atoms with Crippen LogP contribution in [0.4, 0.5) is 5.95 Å². The summed E-state index contributed by atoms with van der Waals surface area (Å²) in [5.74, 6) is 0.877. The molecular formula is C14H15ClN4OS. The average Bonchev–Trinajstić information content (AvgIpc) is 2.45. The molecule has 1 aromatic heterocycles. The van der Waals surface area contributed by atoms with Crippen molar-refractivity contribution in [1.29, 1.82) is 0 Å². The lowest BCUT2D eigenvalue weighted by molar-refractivity contribution is 0.397. The second-order valence-electron chi connectivity index (χ2n) is 4.27. The molecule has 0 bridgehead atoms. The lowest BCUT2D eigenvalue weighted by Crippen LogP contribution is -2.29. The number of nitrogens with one attached hydrogen (secondary N) is 2. The second-order valence-corrected chi connectivity index (χ2v) is 5.09. The van der Waals surface area contributed by atoms with Crippen LogP contribution in [0.1, 0.15) is 11.3 Å². The molecule has 0 fully saturated rings. The maximum absolute atomic E-state index is 6.08. The fourth-order valence-corrected chi connectivity index (χ4v) is 2.03. The largest absolute Gasteiger partial charge is 0.481 e. The molecule has 0 atom stereocenters. The number of methoxy groups -OCH3 is 1. The first-order valence-electron chi connectivity index (χ1n) is 6.26. The van der Waals surface area contributed by atoms with Crippen LogP contribution in [-0.4, -0.2) is 22.2 Å². The maximum atomic E-state index is 6.08. The quantitative estimate of drug-likeness (QED) is 0.844. The molecule has 5 nitrogen and oxygen atoms in total. The Labute approximate surface area is 133 Å². The zero-order valence-electron chi connectivity index (χ0n) is 11.7. The zero-order chi connectivity index (χ0) is 15.2. The summed E-state index contributed by atoms with van der Waals surface area (Å²) in [5, 5.41) is 7.10. The molecule has 2 N–H and O–H groups in total. The predicted octanol–water partition coefficient (Wildman–Crippen LogP) is 2.93. The molecule has 0 aliphatic carbocycles. The van der Waals surface area contributed by atoms with Crippen LogP contribution in [0.2, 0.25) is 5.02 Å². The Morgan fingerprint density at radius 3 is 2.81 bits per heavy atom. The predicted molar refractivity (Wildman–Crippen MR) is 87.8 cm³/mol. The van der Waals surface area contributed by atoms with E-state index in [4.69, 9.17) is 28.6 Å². The minimum atomic E-state index is 0.392. The Morgan fingerprint density at radius 2 is 2.10 bits per heavy atom. The standard InChI is InChI=1S/C14H15ClN4OS/c1-9-7-12(20-2)18-13(17-9)19-14(21)16-8-10-5-3-4-6-11(10)15/h3-7H,8H2,1-2H3,(H2,16,17,18,19,21). The minimum Gasteiger partial charge on any atom is -0.481 e. The summed E-state index contributed by atoms with van der Waals surface area (Å²) in [4.78, 5) is 8.41. The van der Waals surface area contributed by atoms with Crippen molar-refractivity contribution >= 4 is 34.9 Å². The van der Waals surface area contributed by atoms with Gasteiger partial charge in [-0.05, 0) is 30.8 Å².